The van der Waals surface area contributed by atoms with E-state index in [1.165, 1.54) is 6.42 Å². The van der Waals surface area contributed by atoms with Crippen molar-refractivity contribution in [2.45, 2.75) is 51.6 Å². The third-order valence-corrected chi connectivity index (χ3v) is 9.01. The summed E-state index contributed by atoms with van der Waals surface area (Å²) in [6.45, 7) is 7.76. The van der Waals surface area contributed by atoms with Gasteiger partial charge in [0.05, 0.1) is 17.7 Å². The van der Waals surface area contributed by atoms with Crippen LogP contribution >= 0.6 is 23.2 Å². The minimum absolute atomic E-state index is 0.187. The molecule has 5 rings (SSSR count). The molecule has 0 radical (unpaired) electrons. The maximum atomic E-state index is 11.5. The molecule has 0 spiro atoms. The van der Waals surface area contributed by atoms with Gasteiger partial charge in [0.15, 0.2) is 11.5 Å². The Morgan fingerprint density at radius 2 is 2.03 bits per heavy atom. The summed E-state index contributed by atoms with van der Waals surface area (Å²) in [4.78, 5) is 25.3. The molecular weight excluding hydrogens is 511 g/mol. The van der Waals surface area contributed by atoms with Crippen LogP contribution in [0.5, 0.6) is 0 Å². The van der Waals surface area contributed by atoms with Gasteiger partial charge in [-0.05, 0) is 75.6 Å². The Bertz CT molecular complexity index is 1220. The van der Waals surface area contributed by atoms with E-state index in [-0.39, 0.29) is 11.7 Å². The number of aliphatic carboxylic acids is 1. The van der Waals surface area contributed by atoms with E-state index >= 15 is 0 Å². The first kappa shape index (κ1) is 26.0. The second-order valence-corrected chi connectivity index (χ2v) is 11.9. The van der Waals surface area contributed by atoms with Crippen molar-refractivity contribution < 1.29 is 9.90 Å². The Hall–Kier alpha value is -2.60. The zero-order valence-electron chi connectivity index (χ0n) is 21.1. The maximum absolute atomic E-state index is 11.5. The number of anilines is 2. The van der Waals surface area contributed by atoms with Crippen LogP contribution in [0.4, 0.5) is 11.6 Å². The monoisotopic (exact) mass is 542 g/mol. The number of hydrogen-bond donors (Lipinski definition) is 2. The molecule has 1 aromatic heterocycles. The van der Waals surface area contributed by atoms with Crippen LogP contribution in [0.1, 0.15) is 56.8 Å². The summed E-state index contributed by atoms with van der Waals surface area (Å²) in [5.74, 6) is 1.72. The van der Waals surface area contributed by atoms with E-state index in [0.717, 1.165) is 56.8 Å². The number of carbonyl (C=O) groups is 1. The van der Waals surface area contributed by atoms with Gasteiger partial charge in [-0.1, -0.05) is 29.3 Å². The van der Waals surface area contributed by atoms with Crippen molar-refractivity contribution in [1.82, 2.24) is 14.9 Å². The van der Waals surface area contributed by atoms with E-state index in [1.54, 1.807) is 18.3 Å². The highest BCUT2D eigenvalue weighted by Crippen LogP contribution is 2.45. The molecule has 1 aromatic carbocycles. The highest BCUT2D eigenvalue weighted by atomic mass is 35.5. The van der Waals surface area contributed by atoms with E-state index < -0.39 is 11.4 Å². The fraction of sp³-hybridized carbons (Fsp3) is 0.556. The Balaban J connectivity index is 1.20. The first-order chi connectivity index (χ1) is 17.7. The van der Waals surface area contributed by atoms with Gasteiger partial charge in [0.2, 0.25) is 0 Å². The molecule has 2 atom stereocenters. The number of rotatable bonds is 7. The van der Waals surface area contributed by atoms with E-state index in [4.69, 9.17) is 28.2 Å². The molecule has 0 amide bonds. The van der Waals surface area contributed by atoms with Crippen molar-refractivity contribution in [3.05, 3.63) is 45.7 Å². The summed E-state index contributed by atoms with van der Waals surface area (Å²) in [5.41, 5.74) is 0.555. The average molecular weight is 543 g/mol. The van der Waals surface area contributed by atoms with E-state index in [0.29, 0.717) is 33.7 Å². The van der Waals surface area contributed by atoms with Gasteiger partial charge in [0.1, 0.15) is 11.9 Å². The first-order valence-electron chi connectivity index (χ1n) is 12.9. The molecule has 2 aliphatic heterocycles. The summed E-state index contributed by atoms with van der Waals surface area (Å²) in [7, 11) is 0. The number of nitrogens with zero attached hydrogens (tertiary/aromatic N) is 5. The lowest BCUT2D eigenvalue weighted by atomic mass is 9.65. The number of benzene rings is 1. The molecule has 2 aromatic rings. The molecular formula is C27H32Cl2N6O2. The zero-order valence-corrected chi connectivity index (χ0v) is 22.6. The maximum Gasteiger partial charge on any atom is 0.309 e. The molecule has 3 heterocycles. The second kappa shape index (κ2) is 10.3. The number of piperidine rings is 1. The van der Waals surface area contributed by atoms with Gasteiger partial charge in [-0.15, -0.1) is 0 Å². The predicted octanol–water partition coefficient (Wildman–Crippen LogP) is 5.23. The fourth-order valence-corrected chi connectivity index (χ4v) is 6.59. The van der Waals surface area contributed by atoms with E-state index in [2.05, 4.69) is 26.2 Å². The molecule has 2 N–H and O–H groups in total. The standard InChI is InChI=1S/C27H32Cl2N6O2/c1-16(21-6-5-19(28)8-22(21)29)32-25-23(11-30)31-12-24(33-25)35-14-18(15-35)17-4-3-7-34(13-17)20-9-27(2,10-20)26(36)37/h5-6,8,12,16-18,20H,3-4,7,9-10,13-15H2,1-2H3,(H,32,33)(H,36,37)/t16-,17+,20?,27?/m1/s1. The van der Waals surface area contributed by atoms with Gasteiger partial charge in [-0.3, -0.25) is 4.79 Å². The molecule has 2 saturated heterocycles. The van der Waals surface area contributed by atoms with Gasteiger partial charge in [0, 0.05) is 35.7 Å². The largest absolute Gasteiger partial charge is 0.481 e. The molecule has 3 fully saturated rings. The predicted molar refractivity (Wildman–Crippen MR) is 144 cm³/mol. The number of hydrogen-bond acceptors (Lipinski definition) is 7. The lowest BCUT2D eigenvalue weighted by Crippen LogP contribution is -2.58. The van der Waals surface area contributed by atoms with Crippen molar-refractivity contribution in [2.24, 2.45) is 17.3 Å². The van der Waals surface area contributed by atoms with Crippen molar-refractivity contribution >= 4 is 40.8 Å². The van der Waals surface area contributed by atoms with E-state index in [9.17, 15) is 15.2 Å². The molecule has 1 saturated carbocycles. The SMILES string of the molecule is C[C@@H](Nc1nc(N2CC([C@H]3CCCN(C4CC(C)(C(=O)O)C4)C3)C2)cnc1C#N)c1ccc(Cl)cc1Cl. The number of carboxylic acids is 1. The van der Waals surface area contributed by atoms with Gasteiger partial charge < -0.3 is 20.2 Å². The third kappa shape index (κ3) is 5.22. The van der Waals surface area contributed by atoms with Crippen LogP contribution in [0.25, 0.3) is 0 Å². The molecule has 10 heteroatoms. The van der Waals surface area contributed by atoms with Crippen molar-refractivity contribution in [3.63, 3.8) is 0 Å². The van der Waals surface area contributed by atoms with Crippen molar-refractivity contribution in [3.8, 4) is 6.07 Å². The van der Waals surface area contributed by atoms with Gasteiger partial charge in [0.25, 0.3) is 0 Å². The quantitative estimate of drug-likeness (QED) is 0.489. The molecule has 0 bridgehead atoms. The normalized spacial score (nSPS) is 27.1. The molecule has 8 nitrogen and oxygen atoms in total. The number of likely N-dealkylation sites (tertiary alicyclic amines) is 1. The minimum Gasteiger partial charge on any atom is -0.481 e. The van der Waals surface area contributed by atoms with Gasteiger partial charge in [-0.25, -0.2) is 9.97 Å². The lowest BCUT2D eigenvalue weighted by molar-refractivity contribution is -0.158. The molecule has 196 valence electrons. The molecule has 0 unspecified atom stereocenters. The van der Waals surface area contributed by atoms with Crippen LogP contribution in [0.15, 0.2) is 24.4 Å². The highest BCUT2D eigenvalue weighted by molar-refractivity contribution is 6.35. The number of carboxylic acid groups (broad SMARTS) is 1. The highest BCUT2D eigenvalue weighted by Gasteiger charge is 2.49. The van der Waals surface area contributed by atoms with Crippen LogP contribution in [0.3, 0.4) is 0 Å². The number of nitrogens with one attached hydrogen (secondary N) is 1. The first-order valence-corrected chi connectivity index (χ1v) is 13.6. The van der Waals surface area contributed by atoms with Crippen molar-refractivity contribution in [2.75, 3.05) is 36.4 Å². The summed E-state index contributed by atoms with van der Waals surface area (Å²) in [5, 5.41) is 23.4. The van der Waals surface area contributed by atoms with Gasteiger partial charge >= 0.3 is 5.97 Å². The van der Waals surface area contributed by atoms with Crippen LogP contribution in [-0.4, -0.2) is 58.2 Å². The third-order valence-electron chi connectivity index (χ3n) is 8.44. The summed E-state index contributed by atoms with van der Waals surface area (Å²) < 4.78 is 0. The van der Waals surface area contributed by atoms with Crippen LogP contribution in [0.2, 0.25) is 10.0 Å². The van der Waals surface area contributed by atoms with Crippen LogP contribution in [0, 0.1) is 28.6 Å². The summed E-state index contributed by atoms with van der Waals surface area (Å²) >= 11 is 12.4. The van der Waals surface area contributed by atoms with E-state index in [1.807, 2.05) is 19.9 Å². The second-order valence-electron chi connectivity index (χ2n) is 11.1. The van der Waals surface area contributed by atoms with Crippen molar-refractivity contribution in [1.29, 1.82) is 5.26 Å². The van der Waals surface area contributed by atoms with Gasteiger partial charge in [-0.2, -0.15) is 5.26 Å². The van der Waals surface area contributed by atoms with Crippen LogP contribution < -0.4 is 10.2 Å². The Morgan fingerprint density at radius 1 is 1.27 bits per heavy atom. The Kier molecular flexibility index (Phi) is 7.23. The number of halogens is 2. The topological polar surface area (TPSA) is 105 Å². The minimum atomic E-state index is -0.671. The Labute approximate surface area is 227 Å². The average Bonchev–Trinajstić information content (AvgIpc) is 2.81. The number of aromatic nitrogens is 2. The lowest BCUT2D eigenvalue weighted by Gasteiger charge is -2.52. The Morgan fingerprint density at radius 3 is 2.70 bits per heavy atom. The number of nitriles is 1. The summed E-state index contributed by atoms with van der Waals surface area (Å²) in [6, 6.07) is 7.69. The smallest absolute Gasteiger partial charge is 0.309 e. The summed E-state index contributed by atoms with van der Waals surface area (Å²) in [6.07, 6.45) is 5.55. The van der Waals surface area contributed by atoms with Crippen LogP contribution in [-0.2, 0) is 4.79 Å². The molecule has 3 aliphatic rings. The molecule has 1 aliphatic carbocycles. The molecule has 37 heavy (non-hydrogen) atoms. The zero-order chi connectivity index (χ0) is 26.3. The fourth-order valence-electron chi connectivity index (χ4n) is 6.02.